The lowest BCUT2D eigenvalue weighted by molar-refractivity contribution is -0.144. The number of carbonyl (C=O) groups is 6. The maximum Gasteiger partial charge on any atom is 0.155 e. The zero-order chi connectivity index (χ0) is 27.2. The predicted molar refractivity (Wildman–Crippen MR) is 141 cm³/mol. The van der Waals surface area contributed by atoms with Gasteiger partial charge in [-0.2, -0.15) is 0 Å². The molecule has 0 spiro atoms. The molecule has 0 amide bonds. The number of ketones is 6. The normalized spacial score (nSPS) is 16.3. The molecule has 2 saturated carbocycles. The Kier molecular flexibility index (Phi) is 12.5. The third-order valence-electron chi connectivity index (χ3n) is 6.35. The second kappa shape index (κ2) is 15.5. The summed E-state index contributed by atoms with van der Waals surface area (Å²) in [7, 11) is 0. The lowest BCUT2D eigenvalue weighted by Crippen LogP contribution is -2.36. The molecule has 2 aliphatic carbocycles. The Morgan fingerprint density at radius 2 is 0.973 bits per heavy atom. The van der Waals surface area contributed by atoms with Crippen LogP contribution in [0.25, 0.3) is 0 Å². The van der Waals surface area contributed by atoms with Crippen LogP contribution in [0.1, 0.15) is 69.9 Å². The molecule has 37 heavy (non-hydrogen) atoms. The van der Waals surface area contributed by atoms with Crippen LogP contribution in [0.5, 0.6) is 0 Å². The van der Waals surface area contributed by atoms with Crippen molar-refractivity contribution in [1.29, 1.82) is 0 Å². The maximum atomic E-state index is 12.0. The van der Waals surface area contributed by atoms with Crippen LogP contribution in [0.2, 0.25) is 0 Å². The standard InChI is InChI=1S/C15H16O3.C14H14O3.C2H6/c16-12-7-4-8-13(17)15(12)14(18)10-9-11-5-2-1-3-6-11;15-11-7-4-8-12(16)14(11)13(17)9-10-5-2-1-3-6-10;1-2/h1-3,5-6,15H,4,7-10H2;1-3,5-6,14H,4,7-9H2;1-2H3. The van der Waals surface area contributed by atoms with Gasteiger partial charge in [0.2, 0.25) is 0 Å². The van der Waals surface area contributed by atoms with Gasteiger partial charge in [-0.05, 0) is 30.4 Å². The van der Waals surface area contributed by atoms with E-state index in [0.29, 0.717) is 44.9 Å². The zero-order valence-electron chi connectivity index (χ0n) is 21.7. The summed E-state index contributed by atoms with van der Waals surface area (Å²) in [5, 5.41) is 0. The number of carbonyl (C=O) groups excluding carboxylic acids is 6. The van der Waals surface area contributed by atoms with Crippen molar-refractivity contribution in [1.82, 2.24) is 0 Å². The Balaban J connectivity index is 0.000000244. The van der Waals surface area contributed by atoms with Gasteiger partial charge in [0, 0.05) is 38.5 Å². The number of aryl methyl sites for hydroxylation is 1. The second-order valence-electron chi connectivity index (χ2n) is 9.02. The minimum Gasteiger partial charge on any atom is -0.298 e. The van der Waals surface area contributed by atoms with E-state index in [-0.39, 0.29) is 47.5 Å². The van der Waals surface area contributed by atoms with Gasteiger partial charge in [-0.3, -0.25) is 28.8 Å². The number of hydrogen-bond donors (Lipinski definition) is 0. The van der Waals surface area contributed by atoms with Crippen molar-refractivity contribution in [3.63, 3.8) is 0 Å². The highest BCUT2D eigenvalue weighted by molar-refractivity contribution is 6.21. The van der Waals surface area contributed by atoms with E-state index in [2.05, 4.69) is 0 Å². The van der Waals surface area contributed by atoms with Gasteiger partial charge in [-0.15, -0.1) is 0 Å². The van der Waals surface area contributed by atoms with E-state index in [1.54, 1.807) is 0 Å². The average molecular weight is 505 g/mol. The van der Waals surface area contributed by atoms with Crippen LogP contribution in [0.15, 0.2) is 60.7 Å². The minimum absolute atomic E-state index is 0.170. The third kappa shape index (κ3) is 9.12. The predicted octanol–water partition coefficient (Wildman–Crippen LogP) is 4.89. The summed E-state index contributed by atoms with van der Waals surface area (Å²) in [6, 6.07) is 18.8. The summed E-state index contributed by atoms with van der Waals surface area (Å²) in [6.45, 7) is 4.00. The first-order valence-electron chi connectivity index (χ1n) is 13.1. The molecule has 4 rings (SSSR count). The van der Waals surface area contributed by atoms with E-state index < -0.39 is 11.8 Å². The fraction of sp³-hybridized carbons (Fsp3) is 0.419. The molecule has 196 valence electrons. The highest BCUT2D eigenvalue weighted by atomic mass is 16.2. The Hall–Kier alpha value is -3.54. The van der Waals surface area contributed by atoms with Gasteiger partial charge in [-0.25, -0.2) is 0 Å². The van der Waals surface area contributed by atoms with Crippen molar-refractivity contribution in [3.05, 3.63) is 71.8 Å². The highest BCUT2D eigenvalue weighted by Gasteiger charge is 2.36. The summed E-state index contributed by atoms with van der Waals surface area (Å²) >= 11 is 0. The van der Waals surface area contributed by atoms with Gasteiger partial charge in [0.1, 0.15) is 11.8 Å². The average Bonchev–Trinajstić information content (AvgIpc) is 2.90. The lowest BCUT2D eigenvalue weighted by Gasteiger charge is -2.18. The smallest absolute Gasteiger partial charge is 0.155 e. The fourth-order valence-corrected chi connectivity index (χ4v) is 4.48. The first-order valence-corrected chi connectivity index (χ1v) is 13.1. The molecule has 0 atom stereocenters. The molecular weight excluding hydrogens is 468 g/mol. The van der Waals surface area contributed by atoms with Crippen molar-refractivity contribution >= 4 is 34.7 Å². The van der Waals surface area contributed by atoms with Crippen LogP contribution < -0.4 is 0 Å². The topological polar surface area (TPSA) is 102 Å². The van der Waals surface area contributed by atoms with Gasteiger partial charge in [-0.1, -0.05) is 74.5 Å². The summed E-state index contributed by atoms with van der Waals surface area (Å²) in [5.74, 6) is -3.23. The Morgan fingerprint density at radius 3 is 1.41 bits per heavy atom. The molecule has 0 unspecified atom stereocenters. The molecule has 0 N–H and O–H groups in total. The Morgan fingerprint density at radius 1 is 0.595 bits per heavy atom. The maximum absolute atomic E-state index is 12.0. The van der Waals surface area contributed by atoms with Crippen LogP contribution >= 0.6 is 0 Å². The van der Waals surface area contributed by atoms with E-state index >= 15 is 0 Å². The Labute approximate surface area is 218 Å². The van der Waals surface area contributed by atoms with Crippen molar-refractivity contribution in [2.45, 2.75) is 71.6 Å². The van der Waals surface area contributed by atoms with Crippen LogP contribution in [0, 0.1) is 11.8 Å². The van der Waals surface area contributed by atoms with Crippen molar-refractivity contribution < 1.29 is 28.8 Å². The molecule has 0 radical (unpaired) electrons. The molecular formula is C31H36O6. The van der Waals surface area contributed by atoms with Gasteiger partial charge in [0.05, 0.1) is 0 Å². The van der Waals surface area contributed by atoms with Crippen LogP contribution in [-0.4, -0.2) is 34.7 Å². The van der Waals surface area contributed by atoms with Crippen LogP contribution in [0.4, 0.5) is 0 Å². The summed E-state index contributed by atoms with van der Waals surface area (Å²) < 4.78 is 0. The SMILES string of the molecule is CC.O=C1CCCC(=O)C1C(=O)CCc1ccccc1.O=C1CCCC(=O)C1C(=O)Cc1ccccc1. The van der Waals surface area contributed by atoms with Crippen LogP contribution in [-0.2, 0) is 41.6 Å². The van der Waals surface area contributed by atoms with Crippen molar-refractivity contribution in [2.24, 2.45) is 11.8 Å². The molecule has 6 heteroatoms. The largest absolute Gasteiger partial charge is 0.298 e. The molecule has 0 saturated heterocycles. The van der Waals surface area contributed by atoms with Gasteiger partial charge in [0.25, 0.3) is 0 Å². The van der Waals surface area contributed by atoms with E-state index in [1.165, 1.54) is 0 Å². The third-order valence-corrected chi connectivity index (χ3v) is 6.35. The molecule has 2 fully saturated rings. The Bertz CT molecular complexity index is 1060. The number of Topliss-reactive ketones (excluding diaryl/α,β-unsaturated/α-hetero) is 6. The summed E-state index contributed by atoms with van der Waals surface area (Å²) in [5.41, 5.74) is 1.91. The minimum atomic E-state index is -0.996. The zero-order valence-corrected chi connectivity index (χ0v) is 21.7. The molecule has 0 aliphatic heterocycles. The molecule has 6 nitrogen and oxygen atoms in total. The van der Waals surface area contributed by atoms with E-state index in [1.807, 2.05) is 74.5 Å². The first kappa shape index (κ1) is 29.7. The number of rotatable bonds is 7. The second-order valence-corrected chi connectivity index (χ2v) is 9.02. The van der Waals surface area contributed by atoms with Gasteiger partial charge < -0.3 is 0 Å². The monoisotopic (exact) mass is 504 g/mol. The number of benzene rings is 2. The van der Waals surface area contributed by atoms with Gasteiger partial charge >= 0.3 is 0 Å². The summed E-state index contributed by atoms with van der Waals surface area (Å²) in [6.07, 6.45) is 3.67. The summed E-state index contributed by atoms with van der Waals surface area (Å²) in [4.78, 5) is 70.3. The quantitative estimate of drug-likeness (QED) is 0.498. The molecule has 0 heterocycles. The van der Waals surface area contributed by atoms with Gasteiger partial charge in [0.15, 0.2) is 34.7 Å². The fourth-order valence-electron chi connectivity index (χ4n) is 4.48. The molecule has 2 aromatic rings. The molecule has 0 bridgehead atoms. The van der Waals surface area contributed by atoms with E-state index in [9.17, 15) is 28.8 Å². The van der Waals surface area contributed by atoms with Crippen molar-refractivity contribution in [3.8, 4) is 0 Å². The van der Waals surface area contributed by atoms with Crippen molar-refractivity contribution in [2.75, 3.05) is 0 Å². The van der Waals surface area contributed by atoms with E-state index in [4.69, 9.17) is 0 Å². The molecule has 2 aliphatic rings. The highest BCUT2D eigenvalue weighted by Crippen LogP contribution is 2.21. The number of hydrogen-bond acceptors (Lipinski definition) is 6. The first-order chi connectivity index (χ1) is 17.9. The molecule has 0 aromatic heterocycles. The lowest BCUT2D eigenvalue weighted by atomic mass is 9.82. The van der Waals surface area contributed by atoms with Crippen LogP contribution in [0.3, 0.4) is 0 Å². The molecule has 2 aromatic carbocycles. The van der Waals surface area contributed by atoms with E-state index in [0.717, 1.165) is 11.1 Å².